The van der Waals surface area contributed by atoms with Crippen molar-refractivity contribution < 1.29 is 27.4 Å². The van der Waals surface area contributed by atoms with Gasteiger partial charge in [-0.25, -0.2) is 4.79 Å². The lowest BCUT2D eigenvalue weighted by Crippen LogP contribution is -2.19. The number of hydrogen-bond acceptors (Lipinski definition) is 5. The van der Waals surface area contributed by atoms with Crippen LogP contribution in [0.2, 0.25) is 0 Å². The van der Waals surface area contributed by atoms with Gasteiger partial charge in [-0.1, -0.05) is 12.1 Å². The molecule has 0 spiro atoms. The summed E-state index contributed by atoms with van der Waals surface area (Å²) in [6.45, 7) is 0.312. The van der Waals surface area contributed by atoms with Gasteiger partial charge >= 0.3 is 12.1 Å². The molecule has 6 nitrogen and oxygen atoms in total. The van der Waals surface area contributed by atoms with Crippen molar-refractivity contribution >= 4 is 5.97 Å². The molecular formula is C13H12F3N3O3. The van der Waals surface area contributed by atoms with Gasteiger partial charge in [-0.3, -0.25) is 0 Å². The fourth-order valence-electron chi connectivity index (χ4n) is 1.71. The van der Waals surface area contributed by atoms with E-state index in [1.807, 2.05) is 0 Å². The fraction of sp³-hybridized carbons (Fsp3) is 0.308. The van der Waals surface area contributed by atoms with E-state index in [0.29, 0.717) is 0 Å². The number of H-pyrrole nitrogens is 1. The zero-order valence-corrected chi connectivity index (χ0v) is 11.5. The van der Waals surface area contributed by atoms with Crippen LogP contribution >= 0.6 is 0 Å². The van der Waals surface area contributed by atoms with Gasteiger partial charge in [-0.15, -0.1) is 5.10 Å². The average molecular weight is 315 g/mol. The highest BCUT2D eigenvalue weighted by Crippen LogP contribution is 2.31. The fourth-order valence-corrected chi connectivity index (χ4v) is 1.71. The summed E-state index contributed by atoms with van der Waals surface area (Å²) in [5.74, 6) is -0.781. The van der Waals surface area contributed by atoms with Crippen molar-refractivity contribution in [3.8, 4) is 17.0 Å². The number of carbonyl (C=O) groups is 1. The van der Waals surface area contributed by atoms with Crippen molar-refractivity contribution in [1.82, 2.24) is 15.4 Å². The predicted molar refractivity (Wildman–Crippen MR) is 69.3 cm³/mol. The summed E-state index contributed by atoms with van der Waals surface area (Å²) in [6.07, 6.45) is -4.47. The molecule has 1 aromatic carbocycles. The van der Waals surface area contributed by atoms with Gasteiger partial charge in [-0.2, -0.15) is 23.5 Å². The van der Waals surface area contributed by atoms with Crippen molar-refractivity contribution in [1.29, 1.82) is 0 Å². The van der Waals surface area contributed by atoms with Gasteiger partial charge in [0.05, 0.1) is 6.61 Å². The number of aromatic amines is 1. The number of halogens is 3. The van der Waals surface area contributed by atoms with Gasteiger partial charge in [0.2, 0.25) is 0 Å². The average Bonchev–Trinajstić information content (AvgIpc) is 2.94. The van der Waals surface area contributed by atoms with E-state index in [1.54, 1.807) is 13.0 Å². The van der Waals surface area contributed by atoms with Crippen LogP contribution in [0.25, 0.3) is 11.3 Å². The highest BCUT2D eigenvalue weighted by molar-refractivity contribution is 5.94. The van der Waals surface area contributed by atoms with Crippen LogP contribution in [0.15, 0.2) is 24.3 Å². The van der Waals surface area contributed by atoms with Crippen molar-refractivity contribution in [2.45, 2.75) is 13.1 Å². The normalized spacial score (nSPS) is 11.3. The highest BCUT2D eigenvalue weighted by atomic mass is 19.4. The Kier molecular flexibility index (Phi) is 4.64. The van der Waals surface area contributed by atoms with Crippen LogP contribution in [-0.4, -0.2) is 40.8 Å². The number of ether oxygens (including phenoxy) is 2. The molecule has 2 aromatic rings. The summed E-state index contributed by atoms with van der Waals surface area (Å²) in [4.78, 5) is 11.8. The van der Waals surface area contributed by atoms with Gasteiger partial charge in [0.25, 0.3) is 0 Å². The monoisotopic (exact) mass is 315 g/mol. The number of alkyl halides is 3. The van der Waals surface area contributed by atoms with Gasteiger partial charge in [0, 0.05) is 5.56 Å². The summed E-state index contributed by atoms with van der Waals surface area (Å²) >= 11 is 0. The molecule has 0 aliphatic rings. The molecule has 2 rings (SSSR count). The largest absolute Gasteiger partial charge is 0.483 e. The van der Waals surface area contributed by atoms with Crippen molar-refractivity contribution in [2.24, 2.45) is 0 Å². The Morgan fingerprint density at radius 1 is 1.27 bits per heavy atom. The molecule has 0 aliphatic heterocycles. The first kappa shape index (κ1) is 15.8. The molecule has 0 unspecified atom stereocenters. The van der Waals surface area contributed by atoms with E-state index in [4.69, 9.17) is 9.47 Å². The Labute approximate surface area is 123 Å². The van der Waals surface area contributed by atoms with Crippen molar-refractivity contribution in [2.75, 3.05) is 13.2 Å². The summed E-state index contributed by atoms with van der Waals surface area (Å²) in [7, 11) is 0. The molecule has 0 saturated heterocycles. The first-order chi connectivity index (χ1) is 10.4. The number of nitrogens with one attached hydrogen (secondary N) is 1. The second-order valence-electron chi connectivity index (χ2n) is 4.14. The van der Waals surface area contributed by atoms with Crippen LogP contribution in [0.4, 0.5) is 13.2 Å². The zero-order valence-electron chi connectivity index (χ0n) is 11.5. The summed E-state index contributed by atoms with van der Waals surface area (Å²) in [6, 6.07) is 5.93. The SMILES string of the molecule is CCOC(=O)c1n[nH]nc1-c1ccccc1OCC(F)(F)F. The first-order valence-corrected chi connectivity index (χ1v) is 6.29. The van der Waals surface area contributed by atoms with Gasteiger partial charge < -0.3 is 9.47 Å². The molecule has 0 bridgehead atoms. The van der Waals surface area contributed by atoms with Crippen LogP contribution in [0, 0.1) is 0 Å². The molecule has 1 N–H and O–H groups in total. The van der Waals surface area contributed by atoms with Gasteiger partial charge in [0.15, 0.2) is 12.3 Å². The molecule has 0 fully saturated rings. The Morgan fingerprint density at radius 2 is 2.00 bits per heavy atom. The van der Waals surface area contributed by atoms with E-state index in [0.717, 1.165) is 0 Å². The minimum absolute atomic E-state index is 0.0562. The van der Waals surface area contributed by atoms with Crippen LogP contribution < -0.4 is 4.74 Å². The topological polar surface area (TPSA) is 77.1 Å². The number of rotatable bonds is 5. The van der Waals surface area contributed by atoms with E-state index in [9.17, 15) is 18.0 Å². The van der Waals surface area contributed by atoms with Crippen LogP contribution in [0.1, 0.15) is 17.4 Å². The summed E-state index contributed by atoms with van der Waals surface area (Å²) in [5.41, 5.74) is 0.157. The van der Waals surface area contributed by atoms with E-state index < -0.39 is 18.8 Å². The standard InChI is InChI=1S/C13H12F3N3O3/c1-2-21-12(20)11-10(17-19-18-11)8-5-3-4-6-9(8)22-7-13(14,15)16/h3-6H,2,7H2,1H3,(H,17,18,19). The molecule has 118 valence electrons. The number of aromatic nitrogens is 3. The smallest absolute Gasteiger partial charge is 0.422 e. The van der Waals surface area contributed by atoms with E-state index >= 15 is 0 Å². The third kappa shape index (κ3) is 3.74. The Bertz CT molecular complexity index is 655. The van der Waals surface area contributed by atoms with Gasteiger partial charge in [-0.05, 0) is 19.1 Å². The maximum absolute atomic E-state index is 12.3. The van der Waals surface area contributed by atoms with Crippen molar-refractivity contribution in [3.63, 3.8) is 0 Å². The minimum Gasteiger partial charge on any atom is -0.483 e. The number of para-hydroxylation sites is 1. The Hall–Kier alpha value is -2.58. The van der Waals surface area contributed by atoms with E-state index in [1.165, 1.54) is 18.2 Å². The Balaban J connectivity index is 2.34. The lowest BCUT2D eigenvalue weighted by atomic mass is 10.1. The second kappa shape index (κ2) is 6.46. The molecule has 0 saturated carbocycles. The summed E-state index contributed by atoms with van der Waals surface area (Å²) < 4.78 is 46.5. The maximum atomic E-state index is 12.3. The lowest BCUT2D eigenvalue weighted by Gasteiger charge is -2.12. The van der Waals surface area contributed by atoms with Crippen molar-refractivity contribution in [3.05, 3.63) is 30.0 Å². The molecule has 1 heterocycles. The molecule has 0 aliphatic carbocycles. The number of benzene rings is 1. The quantitative estimate of drug-likeness (QED) is 0.858. The number of hydrogen-bond donors (Lipinski definition) is 1. The van der Waals surface area contributed by atoms with Crippen LogP contribution in [0.3, 0.4) is 0 Å². The number of carbonyl (C=O) groups excluding carboxylic acids is 1. The molecule has 0 radical (unpaired) electrons. The van der Waals surface area contributed by atoms with Crippen LogP contribution in [-0.2, 0) is 4.74 Å². The third-order valence-corrected chi connectivity index (χ3v) is 2.55. The lowest BCUT2D eigenvalue weighted by molar-refractivity contribution is -0.153. The summed E-state index contributed by atoms with van der Waals surface area (Å²) in [5, 5.41) is 9.73. The van der Waals surface area contributed by atoms with E-state index in [-0.39, 0.29) is 29.3 Å². The molecule has 22 heavy (non-hydrogen) atoms. The maximum Gasteiger partial charge on any atom is 0.422 e. The third-order valence-electron chi connectivity index (χ3n) is 2.55. The molecule has 0 amide bonds. The molecule has 9 heteroatoms. The number of nitrogens with zero attached hydrogens (tertiary/aromatic N) is 2. The minimum atomic E-state index is -4.47. The Morgan fingerprint density at radius 3 is 2.68 bits per heavy atom. The van der Waals surface area contributed by atoms with Crippen LogP contribution in [0.5, 0.6) is 5.75 Å². The zero-order chi connectivity index (χ0) is 16.2. The van der Waals surface area contributed by atoms with Gasteiger partial charge in [0.1, 0.15) is 11.4 Å². The highest BCUT2D eigenvalue weighted by Gasteiger charge is 2.29. The first-order valence-electron chi connectivity index (χ1n) is 6.29. The molecule has 1 aromatic heterocycles. The molecule has 0 atom stereocenters. The van der Waals surface area contributed by atoms with E-state index in [2.05, 4.69) is 15.4 Å². The number of esters is 1. The molecular weight excluding hydrogens is 303 g/mol. The second-order valence-corrected chi connectivity index (χ2v) is 4.14. The predicted octanol–water partition coefficient (Wildman–Crippen LogP) is 2.59.